The molecule has 2 aliphatic heterocycles. The summed E-state index contributed by atoms with van der Waals surface area (Å²) in [6.45, 7) is 5.53. The third-order valence-electron chi connectivity index (χ3n) is 5.52. The SMILES string of the molecule is CC1(C)C[C@@H]2CCCNc3cccc(n3)S(=O)(=O)NC(=O)c3cnc(Cl)nc3N1C2. The normalized spacial score (nSPS) is 22.8. The third-order valence-corrected chi connectivity index (χ3v) is 6.93. The van der Waals surface area contributed by atoms with Gasteiger partial charge in [-0.05, 0) is 62.8 Å². The molecule has 9 nitrogen and oxygen atoms in total. The first-order chi connectivity index (χ1) is 14.2. The van der Waals surface area contributed by atoms with E-state index >= 15 is 0 Å². The third kappa shape index (κ3) is 4.06. The van der Waals surface area contributed by atoms with E-state index in [1.807, 2.05) is 4.90 Å². The Morgan fingerprint density at radius 1 is 1.27 bits per heavy atom. The second-order valence-electron chi connectivity index (χ2n) is 8.23. The van der Waals surface area contributed by atoms with E-state index in [1.165, 1.54) is 12.3 Å². The van der Waals surface area contributed by atoms with Gasteiger partial charge in [-0.15, -0.1) is 0 Å². The lowest BCUT2D eigenvalue weighted by molar-refractivity contribution is 0.0981. The molecule has 1 saturated heterocycles. The standard InChI is InChI=1S/C19H23ClN6O3S/c1-19(2)9-12-5-4-8-21-14-6-3-7-15(23-14)30(28,29)25-17(27)13-10-22-18(20)24-16(13)26(19)11-12/h3,6-7,10,12H,4-5,8-9,11H2,1-2H3,(H,21,23)(H,25,27)/t12-/m0/s1. The maximum absolute atomic E-state index is 13.0. The van der Waals surface area contributed by atoms with E-state index in [1.54, 1.807) is 12.1 Å². The highest BCUT2D eigenvalue weighted by Crippen LogP contribution is 2.39. The van der Waals surface area contributed by atoms with Crippen LogP contribution in [-0.2, 0) is 10.0 Å². The van der Waals surface area contributed by atoms with Gasteiger partial charge in [-0.1, -0.05) is 6.07 Å². The molecule has 0 unspecified atom stereocenters. The minimum Gasteiger partial charge on any atom is -0.370 e. The molecule has 4 heterocycles. The van der Waals surface area contributed by atoms with Gasteiger partial charge >= 0.3 is 0 Å². The molecule has 2 aliphatic rings. The predicted molar refractivity (Wildman–Crippen MR) is 113 cm³/mol. The number of hydrogen-bond acceptors (Lipinski definition) is 8. The van der Waals surface area contributed by atoms with Crippen molar-refractivity contribution in [2.24, 2.45) is 5.92 Å². The van der Waals surface area contributed by atoms with Gasteiger partial charge in [0.2, 0.25) is 5.28 Å². The molecule has 0 aromatic carbocycles. The Bertz CT molecular complexity index is 1090. The summed E-state index contributed by atoms with van der Waals surface area (Å²) in [6, 6.07) is 4.62. The molecule has 0 saturated carbocycles. The van der Waals surface area contributed by atoms with E-state index in [4.69, 9.17) is 11.6 Å². The monoisotopic (exact) mass is 450 g/mol. The van der Waals surface area contributed by atoms with Crippen LogP contribution in [0.2, 0.25) is 5.28 Å². The van der Waals surface area contributed by atoms with Gasteiger partial charge in [0.1, 0.15) is 17.2 Å². The number of halogens is 1. The fourth-order valence-electron chi connectivity index (χ4n) is 4.17. The van der Waals surface area contributed by atoms with E-state index in [-0.39, 0.29) is 21.4 Å². The van der Waals surface area contributed by atoms with Crippen LogP contribution in [-0.4, -0.2) is 47.9 Å². The van der Waals surface area contributed by atoms with Crippen LogP contribution in [0.5, 0.6) is 0 Å². The predicted octanol–water partition coefficient (Wildman–Crippen LogP) is 2.45. The molecule has 160 valence electrons. The number of fused-ring (bicyclic) bond motifs is 6. The number of rotatable bonds is 0. The van der Waals surface area contributed by atoms with Crippen molar-refractivity contribution < 1.29 is 13.2 Å². The fraction of sp³-hybridized carbons (Fsp3) is 0.474. The summed E-state index contributed by atoms with van der Waals surface area (Å²) >= 11 is 6.03. The van der Waals surface area contributed by atoms with Gasteiger partial charge in [0, 0.05) is 24.8 Å². The van der Waals surface area contributed by atoms with Gasteiger partial charge in [-0.3, -0.25) is 4.79 Å². The summed E-state index contributed by atoms with van der Waals surface area (Å²) in [5.74, 6) is 0.365. The Morgan fingerprint density at radius 3 is 2.87 bits per heavy atom. The van der Waals surface area contributed by atoms with Gasteiger partial charge in [0.25, 0.3) is 15.9 Å². The molecule has 0 radical (unpaired) electrons. The molecule has 2 aromatic rings. The molecule has 4 bridgehead atoms. The number of carbonyl (C=O) groups is 1. The van der Waals surface area contributed by atoms with Crippen LogP contribution >= 0.6 is 11.6 Å². The van der Waals surface area contributed by atoms with Gasteiger partial charge in [-0.25, -0.2) is 14.7 Å². The Balaban J connectivity index is 1.80. The molecular formula is C19H23ClN6O3S. The van der Waals surface area contributed by atoms with E-state index < -0.39 is 15.9 Å². The van der Waals surface area contributed by atoms with Crippen molar-refractivity contribution in [3.8, 4) is 0 Å². The van der Waals surface area contributed by atoms with Crippen LogP contribution in [0.15, 0.2) is 29.4 Å². The van der Waals surface area contributed by atoms with Gasteiger partial charge in [-0.2, -0.15) is 13.4 Å². The zero-order valence-electron chi connectivity index (χ0n) is 16.7. The van der Waals surface area contributed by atoms with Gasteiger partial charge in [0.05, 0.1) is 0 Å². The second-order valence-corrected chi connectivity index (χ2v) is 10.2. The summed E-state index contributed by atoms with van der Waals surface area (Å²) in [6.07, 6.45) is 4.07. The van der Waals surface area contributed by atoms with Gasteiger partial charge in [0.15, 0.2) is 5.03 Å². The van der Waals surface area contributed by atoms with Crippen molar-refractivity contribution in [3.63, 3.8) is 0 Å². The minimum absolute atomic E-state index is 0.000131. The first-order valence-corrected chi connectivity index (χ1v) is 11.6. The van der Waals surface area contributed by atoms with Crippen molar-refractivity contribution in [2.75, 3.05) is 23.3 Å². The summed E-state index contributed by atoms with van der Waals surface area (Å²) in [4.78, 5) is 27.3. The number of pyridine rings is 1. The lowest BCUT2D eigenvalue weighted by atomic mass is 9.93. The lowest BCUT2D eigenvalue weighted by Crippen LogP contribution is -2.41. The molecule has 4 rings (SSSR count). The highest BCUT2D eigenvalue weighted by Gasteiger charge is 2.41. The number of carbonyl (C=O) groups excluding carboxylic acids is 1. The zero-order valence-corrected chi connectivity index (χ0v) is 18.3. The van der Waals surface area contributed by atoms with Crippen molar-refractivity contribution in [1.29, 1.82) is 0 Å². The van der Waals surface area contributed by atoms with Crippen LogP contribution in [0.25, 0.3) is 0 Å². The Morgan fingerprint density at radius 2 is 2.07 bits per heavy atom. The molecule has 0 aliphatic carbocycles. The van der Waals surface area contributed by atoms with Crippen LogP contribution in [0, 0.1) is 5.92 Å². The van der Waals surface area contributed by atoms with Gasteiger partial charge < -0.3 is 10.2 Å². The number of nitrogens with zero attached hydrogens (tertiary/aromatic N) is 4. The number of nitrogens with one attached hydrogen (secondary N) is 2. The maximum atomic E-state index is 13.0. The summed E-state index contributed by atoms with van der Waals surface area (Å²) < 4.78 is 27.6. The average molecular weight is 451 g/mol. The first-order valence-electron chi connectivity index (χ1n) is 9.74. The molecule has 30 heavy (non-hydrogen) atoms. The smallest absolute Gasteiger partial charge is 0.281 e. The minimum atomic E-state index is -4.18. The fourth-order valence-corrected chi connectivity index (χ4v) is 5.23. The highest BCUT2D eigenvalue weighted by atomic mass is 35.5. The summed E-state index contributed by atoms with van der Waals surface area (Å²) in [7, 11) is -4.18. The molecule has 1 fully saturated rings. The van der Waals surface area contributed by atoms with E-state index in [0.29, 0.717) is 30.6 Å². The highest BCUT2D eigenvalue weighted by molar-refractivity contribution is 7.90. The summed E-state index contributed by atoms with van der Waals surface area (Å²) in [5.41, 5.74) is -0.215. The Hall–Kier alpha value is -2.46. The van der Waals surface area contributed by atoms with Crippen LogP contribution in [0.3, 0.4) is 0 Å². The number of aromatic nitrogens is 3. The topological polar surface area (TPSA) is 117 Å². The van der Waals surface area contributed by atoms with Crippen molar-refractivity contribution in [2.45, 2.75) is 43.7 Å². The zero-order chi connectivity index (χ0) is 21.5. The molecule has 1 atom stereocenters. The lowest BCUT2D eigenvalue weighted by Gasteiger charge is -2.33. The average Bonchev–Trinajstić information content (AvgIpc) is 2.98. The molecule has 2 aromatic heterocycles. The number of amides is 1. The van der Waals surface area contributed by atoms with E-state index in [0.717, 1.165) is 19.3 Å². The first kappa shape index (κ1) is 20.8. The van der Waals surface area contributed by atoms with Crippen molar-refractivity contribution in [3.05, 3.63) is 35.2 Å². The van der Waals surface area contributed by atoms with Crippen molar-refractivity contribution in [1.82, 2.24) is 19.7 Å². The van der Waals surface area contributed by atoms with E-state index in [2.05, 4.69) is 38.8 Å². The molecular weight excluding hydrogens is 428 g/mol. The molecule has 11 heteroatoms. The second kappa shape index (κ2) is 7.66. The number of sulfonamides is 1. The van der Waals surface area contributed by atoms with Crippen LogP contribution in [0.1, 0.15) is 43.5 Å². The molecule has 0 spiro atoms. The number of hydrogen-bond donors (Lipinski definition) is 2. The van der Waals surface area contributed by atoms with E-state index in [9.17, 15) is 13.2 Å². The van der Waals surface area contributed by atoms with Crippen LogP contribution < -0.4 is 14.9 Å². The Kier molecular flexibility index (Phi) is 5.31. The molecule has 2 N–H and O–H groups in total. The molecule has 1 amide bonds. The number of anilines is 2. The van der Waals surface area contributed by atoms with Crippen molar-refractivity contribution >= 4 is 39.2 Å². The largest absolute Gasteiger partial charge is 0.370 e. The quantitative estimate of drug-likeness (QED) is 0.588. The maximum Gasteiger partial charge on any atom is 0.281 e. The summed E-state index contributed by atoms with van der Waals surface area (Å²) in [5, 5.41) is 2.92. The Labute approximate surface area is 180 Å². The van der Waals surface area contributed by atoms with Crippen LogP contribution in [0.4, 0.5) is 11.6 Å².